The topological polar surface area (TPSA) is 9.23 Å². The molecule has 0 aliphatic heterocycles. The van der Waals surface area contributed by atoms with Gasteiger partial charge in [-0.05, 0) is 54.5 Å². The lowest BCUT2D eigenvalue weighted by Crippen LogP contribution is -2.05. The Morgan fingerprint density at radius 1 is 0.960 bits per heavy atom. The molecular weight excluding hydrogens is 318 g/mol. The lowest BCUT2D eigenvalue weighted by Gasteiger charge is -2.22. The highest BCUT2D eigenvalue weighted by atomic mass is 19.1. The molecule has 134 valence electrons. The van der Waals surface area contributed by atoms with E-state index in [1.54, 1.807) is 24.3 Å². The van der Waals surface area contributed by atoms with Crippen LogP contribution in [-0.2, 0) is 0 Å². The molecule has 0 heterocycles. The van der Waals surface area contributed by atoms with E-state index in [0.717, 1.165) is 31.2 Å². The molecule has 1 fully saturated rings. The normalized spacial score (nSPS) is 15.3. The summed E-state index contributed by atoms with van der Waals surface area (Å²) in [6, 6.07) is 10.1. The van der Waals surface area contributed by atoms with Crippen LogP contribution in [-0.4, -0.2) is 6.61 Å². The zero-order valence-corrected chi connectivity index (χ0v) is 14.9. The minimum absolute atomic E-state index is 0.233. The third kappa shape index (κ3) is 4.39. The van der Waals surface area contributed by atoms with Gasteiger partial charge in [-0.25, -0.2) is 8.78 Å². The van der Waals surface area contributed by atoms with Crippen molar-refractivity contribution < 1.29 is 13.5 Å². The number of hydrogen-bond donors (Lipinski definition) is 0. The standard InChI is InChI=1S/C22H26F2O/c1-2-3-13-25-22-12-10-18(15-21(22)24)19-11-9-17(14-20(19)23)16-7-5-4-6-8-16/h9-12,14-16H,2-8,13H2,1H3. The summed E-state index contributed by atoms with van der Waals surface area (Å²) in [5.41, 5.74) is 2.06. The molecule has 0 unspecified atom stereocenters. The maximum atomic E-state index is 14.6. The molecule has 0 N–H and O–H groups in total. The van der Waals surface area contributed by atoms with Crippen LogP contribution in [0.3, 0.4) is 0 Å². The van der Waals surface area contributed by atoms with Gasteiger partial charge in [0.2, 0.25) is 0 Å². The first-order valence-corrected chi connectivity index (χ1v) is 9.41. The smallest absolute Gasteiger partial charge is 0.165 e. The average molecular weight is 344 g/mol. The number of hydrogen-bond acceptors (Lipinski definition) is 1. The van der Waals surface area contributed by atoms with Crippen LogP contribution in [0, 0.1) is 11.6 Å². The molecule has 0 aromatic heterocycles. The molecule has 3 rings (SSSR count). The van der Waals surface area contributed by atoms with Gasteiger partial charge >= 0.3 is 0 Å². The molecule has 1 aliphatic carbocycles. The van der Waals surface area contributed by atoms with Gasteiger partial charge in [0.15, 0.2) is 11.6 Å². The summed E-state index contributed by atoms with van der Waals surface area (Å²) < 4.78 is 34.3. The first-order chi connectivity index (χ1) is 12.2. The van der Waals surface area contributed by atoms with Crippen molar-refractivity contribution in [3.05, 3.63) is 53.6 Å². The Balaban J connectivity index is 1.78. The van der Waals surface area contributed by atoms with E-state index in [-0.39, 0.29) is 11.6 Å². The molecule has 0 spiro atoms. The van der Waals surface area contributed by atoms with Crippen LogP contribution in [0.4, 0.5) is 8.78 Å². The van der Waals surface area contributed by atoms with Crippen LogP contribution in [0.25, 0.3) is 11.1 Å². The van der Waals surface area contributed by atoms with Crippen LogP contribution >= 0.6 is 0 Å². The van der Waals surface area contributed by atoms with Gasteiger partial charge in [-0.1, -0.05) is 50.8 Å². The number of benzene rings is 2. The fourth-order valence-electron chi connectivity index (χ4n) is 3.57. The molecule has 1 aliphatic rings. The summed E-state index contributed by atoms with van der Waals surface area (Å²) in [7, 11) is 0. The molecule has 0 atom stereocenters. The fraction of sp³-hybridized carbons (Fsp3) is 0.455. The number of rotatable bonds is 6. The SMILES string of the molecule is CCCCOc1ccc(-c2ccc(C3CCCCC3)cc2F)cc1F. The third-order valence-corrected chi connectivity index (χ3v) is 5.07. The van der Waals surface area contributed by atoms with Gasteiger partial charge in [-0.2, -0.15) is 0 Å². The van der Waals surface area contributed by atoms with Crippen LogP contribution in [0.15, 0.2) is 36.4 Å². The van der Waals surface area contributed by atoms with Crippen molar-refractivity contribution in [1.29, 1.82) is 0 Å². The second-order valence-corrected chi connectivity index (χ2v) is 6.92. The summed E-state index contributed by atoms with van der Waals surface area (Å²) in [5, 5.41) is 0. The zero-order chi connectivity index (χ0) is 17.6. The molecule has 3 heteroatoms. The summed E-state index contributed by atoms with van der Waals surface area (Å²) in [6.07, 6.45) is 7.88. The van der Waals surface area contributed by atoms with Crippen LogP contribution in [0.1, 0.15) is 63.4 Å². The minimum Gasteiger partial charge on any atom is -0.491 e. The van der Waals surface area contributed by atoms with Gasteiger partial charge in [0.25, 0.3) is 0 Å². The molecule has 0 bridgehead atoms. The van der Waals surface area contributed by atoms with Crippen molar-refractivity contribution >= 4 is 0 Å². The van der Waals surface area contributed by atoms with Crippen LogP contribution < -0.4 is 4.74 Å². The zero-order valence-electron chi connectivity index (χ0n) is 14.9. The molecule has 1 nitrogen and oxygen atoms in total. The maximum absolute atomic E-state index is 14.6. The first kappa shape index (κ1) is 17.9. The van der Waals surface area contributed by atoms with E-state index < -0.39 is 5.82 Å². The Morgan fingerprint density at radius 3 is 2.44 bits per heavy atom. The molecule has 25 heavy (non-hydrogen) atoms. The van der Waals surface area contributed by atoms with Gasteiger partial charge < -0.3 is 4.74 Å². The van der Waals surface area contributed by atoms with Crippen molar-refractivity contribution in [2.75, 3.05) is 6.61 Å². The monoisotopic (exact) mass is 344 g/mol. The lowest BCUT2D eigenvalue weighted by atomic mass is 9.83. The summed E-state index contributed by atoms with van der Waals surface area (Å²) in [6.45, 7) is 2.56. The number of ether oxygens (including phenoxy) is 1. The summed E-state index contributed by atoms with van der Waals surface area (Å²) in [4.78, 5) is 0. The number of unbranched alkanes of at least 4 members (excludes halogenated alkanes) is 1. The molecule has 0 amide bonds. The molecule has 0 radical (unpaired) electrons. The fourth-order valence-corrected chi connectivity index (χ4v) is 3.57. The highest BCUT2D eigenvalue weighted by Crippen LogP contribution is 2.35. The second kappa shape index (κ2) is 8.46. The predicted octanol–water partition coefficient (Wildman–Crippen LogP) is 6.86. The van der Waals surface area contributed by atoms with Gasteiger partial charge in [0.1, 0.15) is 5.82 Å². The third-order valence-electron chi connectivity index (χ3n) is 5.07. The Morgan fingerprint density at radius 2 is 1.76 bits per heavy atom. The van der Waals surface area contributed by atoms with Gasteiger partial charge in [0.05, 0.1) is 6.61 Å². The minimum atomic E-state index is -0.440. The van der Waals surface area contributed by atoms with E-state index in [9.17, 15) is 8.78 Å². The van der Waals surface area contributed by atoms with Crippen LogP contribution in [0.2, 0.25) is 0 Å². The predicted molar refractivity (Wildman–Crippen MR) is 98.0 cm³/mol. The highest BCUT2D eigenvalue weighted by molar-refractivity contribution is 5.65. The summed E-state index contributed by atoms with van der Waals surface area (Å²) >= 11 is 0. The quantitative estimate of drug-likeness (QED) is 0.520. The van der Waals surface area contributed by atoms with Gasteiger partial charge in [-0.15, -0.1) is 0 Å². The van der Waals surface area contributed by atoms with Crippen molar-refractivity contribution in [3.63, 3.8) is 0 Å². The highest BCUT2D eigenvalue weighted by Gasteiger charge is 2.17. The van der Waals surface area contributed by atoms with E-state index in [4.69, 9.17) is 4.74 Å². The second-order valence-electron chi connectivity index (χ2n) is 6.92. The van der Waals surface area contributed by atoms with Crippen molar-refractivity contribution in [3.8, 4) is 16.9 Å². The molecule has 0 saturated heterocycles. The van der Waals surface area contributed by atoms with Crippen molar-refractivity contribution in [1.82, 2.24) is 0 Å². The largest absolute Gasteiger partial charge is 0.491 e. The van der Waals surface area contributed by atoms with Crippen LogP contribution in [0.5, 0.6) is 5.75 Å². The van der Waals surface area contributed by atoms with Gasteiger partial charge in [0, 0.05) is 5.56 Å². The Labute approximate surface area is 149 Å². The van der Waals surface area contributed by atoms with E-state index in [1.165, 1.54) is 25.3 Å². The first-order valence-electron chi connectivity index (χ1n) is 9.41. The van der Waals surface area contributed by atoms with E-state index in [0.29, 0.717) is 23.7 Å². The molecule has 2 aromatic rings. The summed E-state index contributed by atoms with van der Waals surface area (Å²) in [5.74, 6) is -0.0219. The molecule has 2 aromatic carbocycles. The molecular formula is C22H26F2O. The van der Waals surface area contributed by atoms with E-state index in [1.807, 2.05) is 6.07 Å². The lowest BCUT2D eigenvalue weighted by molar-refractivity contribution is 0.294. The average Bonchev–Trinajstić information content (AvgIpc) is 2.64. The Hall–Kier alpha value is -1.90. The Kier molecular flexibility index (Phi) is 6.06. The van der Waals surface area contributed by atoms with E-state index in [2.05, 4.69) is 6.92 Å². The number of halogens is 2. The molecule has 1 saturated carbocycles. The van der Waals surface area contributed by atoms with E-state index >= 15 is 0 Å². The van der Waals surface area contributed by atoms with Gasteiger partial charge in [-0.3, -0.25) is 0 Å². The van der Waals surface area contributed by atoms with Crippen molar-refractivity contribution in [2.45, 2.75) is 57.8 Å². The van der Waals surface area contributed by atoms with Crippen molar-refractivity contribution in [2.24, 2.45) is 0 Å². The maximum Gasteiger partial charge on any atom is 0.165 e. The Bertz CT molecular complexity index is 705.